The number of aromatic nitrogens is 2. The van der Waals surface area contributed by atoms with Crippen LogP contribution in [0.1, 0.15) is 19.4 Å². The first-order chi connectivity index (χ1) is 7.42. The van der Waals surface area contributed by atoms with Crippen LogP contribution in [0, 0.1) is 11.3 Å². The third-order valence-electron chi connectivity index (χ3n) is 2.21. The monoisotopic (exact) mass is 223 g/mol. The molecule has 1 aromatic rings. The first kappa shape index (κ1) is 12.2. The van der Waals surface area contributed by atoms with Crippen LogP contribution in [0.2, 0.25) is 0 Å². The summed E-state index contributed by atoms with van der Waals surface area (Å²) in [6, 6.07) is 1.73. The maximum atomic E-state index is 11.6. The SMILES string of the molecule is COCC(C)(C)n1cc(C#N)c(=O)[nH]c1=O. The second-order valence-corrected chi connectivity index (χ2v) is 4.03. The van der Waals surface area contributed by atoms with Crippen LogP contribution < -0.4 is 11.2 Å². The van der Waals surface area contributed by atoms with Crippen LogP contribution in [-0.4, -0.2) is 23.3 Å². The van der Waals surface area contributed by atoms with E-state index in [0.29, 0.717) is 6.61 Å². The molecule has 0 radical (unpaired) electrons. The van der Waals surface area contributed by atoms with Gasteiger partial charge in [0, 0.05) is 13.3 Å². The van der Waals surface area contributed by atoms with Gasteiger partial charge in [-0.2, -0.15) is 5.26 Å². The Kier molecular flexibility index (Phi) is 3.30. The Balaban J connectivity index is 3.42. The highest BCUT2D eigenvalue weighted by molar-refractivity contribution is 5.22. The fourth-order valence-electron chi connectivity index (χ4n) is 1.42. The van der Waals surface area contributed by atoms with E-state index in [1.54, 1.807) is 19.9 Å². The summed E-state index contributed by atoms with van der Waals surface area (Å²) in [6.07, 6.45) is 1.25. The molecule has 1 rings (SSSR count). The number of nitrogens with one attached hydrogen (secondary N) is 1. The number of rotatable bonds is 3. The van der Waals surface area contributed by atoms with Crippen LogP contribution in [0.3, 0.4) is 0 Å². The van der Waals surface area contributed by atoms with Crippen molar-refractivity contribution >= 4 is 0 Å². The lowest BCUT2D eigenvalue weighted by molar-refractivity contribution is 0.106. The van der Waals surface area contributed by atoms with Gasteiger partial charge in [0.15, 0.2) is 0 Å². The Morgan fingerprint density at radius 2 is 2.19 bits per heavy atom. The van der Waals surface area contributed by atoms with E-state index in [1.807, 2.05) is 0 Å². The molecule has 0 aliphatic carbocycles. The molecule has 0 spiro atoms. The number of aromatic amines is 1. The zero-order valence-corrected chi connectivity index (χ0v) is 9.40. The second-order valence-electron chi connectivity index (χ2n) is 4.03. The van der Waals surface area contributed by atoms with Crippen molar-refractivity contribution in [3.63, 3.8) is 0 Å². The summed E-state index contributed by atoms with van der Waals surface area (Å²) in [7, 11) is 1.52. The Bertz CT molecular complexity index is 533. The molecule has 1 N–H and O–H groups in total. The van der Waals surface area contributed by atoms with E-state index in [1.165, 1.54) is 17.9 Å². The average Bonchev–Trinajstić information content (AvgIpc) is 2.17. The largest absolute Gasteiger partial charge is 0.382 e. The van der Waals surface area contributed by atoms with Crippen LogP contribution in [-0.2, 0) is 10.3 Å². The smallest absolute Gasteiger partial charge is 0.328 e. The lowest BCUT2D eigenvalue weighted by Gasteiger charge is -2.26. The third-order valence-corrected chi connectivity index (χ3v) is 2.21. The van der Waals surface area contributed by atoms with E-state index in [0.717, 1.165) is 0 Å². The number of H-pyrrole nitrogens is 1. The summed E-state index contributed by atoms with van der Waals surface area (Å²) < 4.78 is 6.27. The molecule has 16 heavy (non-hydrogen) atoms. The maximum absolute atomic E-state index is 11.6. The van der Waals surface area contributed by atoms with Crippen LogP contribution in [0.4, 0.5) is 0 Å². The van der Waals surface area contributed by atoms with Crippen molar-refractivity contribution in [2.24, 2.45) is 0 Å². The molecule has 0 saturated carbocycles. The number of nitrogens with zero attached hydrogens (tertiary/aromatic N) is 2. The molecule has 0 aliphatic rings. The molecule has 1 heterocycles. The Hall–Kier alpha value is -1.87. The number of ether oxygens (including phenoxy) is 1. The Morgan fingerprint density at radius 3 is 2.69 bits per heavy atom. The molecule has 0 atom stereocenters. The van der Waals surface area contributed by atoms with Gasteiger partial charge in [-0.05, 0) is 13.8 Å². The minimum absolute atomic E-state index is 0.0937. The van der Waals surface area contributed by atoms with Gasteiger partial charge in [-0.3, -0.25) is 14.3 Å². The summed E-state index contributed by atoms with van der Waals surface area (Å²) in [6.45, 7) is 3.85. The highest BCUT2D eigenvalue weighted by Crippen LogP contribution is 2.11. The molecule has 6 heteroatoms. The van der Waals surface area contributed by atoms with Gasteiger partial charge < -0.3 is 4.74 Å². The zero-order valence-electron chi connectivity index (χ0n) is 9.40. The fourth-order valence-corrected chi connectivity index (χ4v) is 1.42. The van der Waals surface area contributed by atoms with Crippen LogP contribution in [0.5, 0.6) is 0 Å². The van der Waals surface area contributed by atoms with Crippen molar-refractivity contribution in [1.29, 1.82) is 5.26 Å². The summed E-state index contributed by atoms with van der Waals surface area (Å²) >= 11 is 0. The molecule has 1 aromatic heterocycles. The minimum Gasteiger partial charge on any atom is -0.382 e. The van der Waals surface area contributed by atoms with Crippen LogP contribution in [0.15, 0.2) is 15.8 Å². The van der Waals surface area contributed by atoms with Gasteiger partial charge in [0.25, 0.3) is 5.56 Å². The van der Waals surface area contributed by atoms with E-state index in [2.05, 4.69) is 4.98 Å². The predicted octanol–water partition coefficient (Wildman–Crippen LogP) is -0.210. The molecular weight excluding hydrogens is 210 g/mol. The number of hydrogen-bond donors (Lipinski definition) is 1. The van der Waals surface area contributed by atoms with E-state index in [9.17, 15) is 9.59 Å². The Labute approximate surface area is 92.1 Å². The molecule has 0 aromatic carbocycles. The van der Waals surface area contributed by atoms with Crippen molar-refractivity contribution in [2.75, 3.05) is 13.7 Å². The first-order valence-corrected chi connectivity index (χ1v) is 4.68. The van der Waals surface area contributed by atoms with Crippen molar-refractivity contribution in [1.82, 2.24) is 9.55 Å². The normalized spacial score (nSPS) is 11.1. The summed E-state index contributed by atoms with van der Waals surface area (Å²) in [5.41, 5.74) is -1.94. The van der Waals surface area contributed by atoms with Crippen LogP contribution in [0.25, 0.3) is 0 Å². The molecule has 0 saturated heterocycles. The topological polar surface area (TPSA) is 87.9 Å². The van der Waals surface area contributed by atoms with E-state index < -0.39 is 16.8 Å². The lowest BCUT2D eigenvalue weighted by atomic mass is 10.1. The van der Waals surface area contributed by atoms with Crippen LogP contribution >= 0.6 is 0 Å². The molecule has 6 nitrogen and oxygen atoms in total. The van der Waals surface area contributed by atoms with Gasteiger partial charge in [-0.25, -0.2) is 4.79 Å². The quantitative estimate of drug-likeness (QED) is 0.768. The summed E-state index contributed by atoms with van der Waals surface area (Å²) in [4.78, 5) is 24.9. The van der Waals surface area contributed by atoms with Crippen molar-refractivity contribution in [3.8, 4) is 6.07 Å². The average molecular weight is 223 g/mol. The van der Waals surface area contributed by atoms with Gasteiger partial charge in [0.1, 0.15) is 11.6 Å². The van der Waals surface area contributed by atoms with Gasteiger partial charge in [-0.15, -0.1) is 0 Å². The number of nitriles is 1. The zero-order chi connectivity index (χ0) is 12.3. The molecule has 0 amide bonds. The Morgan fingerprint density at radius 1 is 1.56 bits per heavy atom. The fraction of sp³-hybridized carbons (Fsp3) is 0.500. The molecule has 0 bridgehead atoms. The van der Waals surface area contributed by atoms with Gasteiger partial charge in [0.2, 0.25) is 0 Å². The molecule has 0 unspecified atom stereocenters. The van der Waals surface area contributed by atoms with E-state index >= 15 is 0 Å². The summed E-state index contributed by atoms with van der Waals surface area (Å²) in [5, 5.41) is 8.71. The van der Waals surface area contributed by atoms with E-state index in [4.69, 9.17) is 10.00 Å². The first-order valence-electron chi connectivity index (χ1n) is 4.68. The van der Waals surface area contributed by atoms with Gasteiger partial charge >= 0.3 is 5.69 Å². The lowest BCUT2D eigenvalue weighted by Crippen LogP contribution is -2.43. The van der Waals surface area contributed by atoms with Crippen molar-refractivity contribution in [3.05, 3.63) is 32.6 Å². The molecular formula is C10H13N3O3. The molecule has 0 aliphatic heterocycles. The number of methoxy groups -OCH3 is 1. The van der Waals surface area contributed by atoms with Crippen molar-refractivity contribution < 1.29 is 4.74 Å². The highest BCUT2D eigenvalue weighted by atomic mass is 16.5. The molecule has 86 valence electrons. The highest BCUT2D eigenvalue weighted by Gasteiger charge is 2.22. The van der Waals surface area contributed by atoms with Gasteiger partial charge in [0.05, 0.1) is 12.1 Å². The maximum Gasteiger partial charge on any atom is 0.328 e. The van der Waals surface area contributed by atoms with Crippen molar-refractivity contribution in [2.45, 2.75) is 19.4 Å². The summed E-state index contributed by atoms with van der Waals surface area (Å²) in [5.74, 6) is 0. The van der Waals surface area contributed by atoms with Gasteiger partial charge in [-0.1, -0.05) is 0 Å². The second kappa shape index (κ2) is 4.33. The number of hydrogen-bond acceptors (Lipinski definition) is 4. The third kappa shape index (κ3) is 2.20. The standard InChI is InChI=1S/C10H13N3O3/c1-10(2,6-16-3)13-5-7(4-11)8(14)12-9(13)15/h5H,6H2,1-3H3,(H,12,14,15). The predicted molar refractivity (Wildman–Crippen MR) is 57.2 cm³/mol. The minimum atomic E-state index is -0.669. The molecule has 0 fully saturated rings. The van der Waals surface area contributed by atoms with E-state index in [-0.39, 0.29) is 5.56 Å².